The smallest absolute Gasteiger partial charge is 0.299 e. The summed E-state index contributed by atoms with van der Waals surface area (Å²) in [6, 6.07) is 22.4. The van der Waals surface area contributed by atoms with Gasteiger partial charge in [-0.1, -0.05) is 78.0 Å². The Balaban J connectivity index is 1.25. The van der Waals surface area contributed by atoms with Crippen molar-refractivity contribution in [1.82, 2.24) is 19.9 Å². The lowest BCUT2D eigenvalue weighted by atomic mass is 9.93. The maximum atomic E-state index is 13.6. The molecule has 0 saturated carbocycles. The minimum absolute atomic E-state index is 0.0254. The van der Waals surface area contributed by atoms with Gasteiger partial charge in [0.1, 0.15) is 11.5 Å². The number of carbonyl (C=O) groups excluding carboxylic acids is 3. The van der Waals surface area contributed by atoms with Crippen molar-refractivity contribution in [3.8, 4) is 0 Å². The molecule has 2 amide bonds. The lowest BCUT2D eigenvalue weighted by Crippen LogP contribution is -2.59. The van der Waals surface area contributed by atoms with Crippen molar-refractivity contribution in [2.24, 2.45) is 0 Å². The van der Waals surface area contributed by atoms with Crippen molar-refractivity contribution in [1.29, 1.82) is 0 Å². The van der Waals surface area contributed by atoms with Crippen molar-refractivity contribution < 1.29 is 18.8 Å². The Morgan fingerprint density at radius 3 is 2.39 bits per heavy atom. The summed E-state index contributed by atoms with van der Waals surface area (Å²) < 4.78 is 15.1. The van der Waals surface area contributed by atoms with Crippen LogP contribution in [0.2, 0.25) is 0 Å². The molecule has 1 fully saturated rings. The van der Waals surface area contributed by atoms with Crippen molar-refractivity contribution in [3.05, 3.63) is 119 Å². The van der Waals surface area contributed by atoms with Gasteiger partial charge in [0.05, 0.1) is 30.0 Å². The largest absolute Gasteiger partial charge is 0.327 e. The zero-order chi connectivity index (χ0) is 26.2. The van der Waals surface area contributed by atoms with Gasteiger partial charge in [-0.15, -0.1) is 5.10 Å². The normalized spacial score (nSPS) is 18.8. The number of β-lactam (4-membered cyclic amide) rings is 1. The van der Waals surface area contributed by atoms with E-state index in [1.165, 1.54) is 21.7 Å². The Labute approximate surface area is 217 Å². The third-order valence-corrected chi connectivity index (χ3v) is 6.80. The SMILES string of the molecule is O=C1C(=O)N(Cc2cn([C@@H]3C(=O)N(Cc4ccccc4)[C@@H]3/C=C/c3ccccc3)nn2)c2ccc(F)cc21. The number of anilines is 1. The predicted molar refractivity (Wildman–Crippen MR) is 137 cm³/mol. The van der Waals surface area contributed by atoms with E-state index >= 15 is 0 Å². The molecule has 0 unspecified atom stereocenters. The second-order valence-corrected chi connectivity index (χ2v) is 9.23. The maximum absolute atomic E-state index is 13.6. The molecule has 2 aliphatic rings. The highest BCUT2D eigenvalue weighted by atomic mass is 19.1. The van der Waals surface area contributed by atoms with Gasteiger partial charge >= 0.3 is 0 Å². The summed E-state index contributed by atoms with van der Waals surface area (Å²) >= 11 is 0. The van der Waals surface area contributed by atoms with Gasteiger partial charge in [-0.05, 0) is 29.3 Å². The van der Waals surface area contributed by atoms with Crippen LogP contribution in [0.3, 0.4) is 0 Å². The first-order chi connectivity index (χ1) is 18.5. The van der Waals surface area contributed by atoms with E-state index in [1.54, 1.807) is 11.1 Å². The number of amides is 2. The topological polar surface area (TPSA) is 88.4 Å². The third kappa shape index (κ3) is 4.17. The number of hydrogen-bond acceptors (Lipinski definition) is 5. The molecule has 1 saturated heterocycles. The summed E-state index contributed by atoms with van der Waals surface area (Å²) in [6.07, 6.45) is 5.58. The lowest BCUT2D eigenvalue weighted by Gasteiger charge is -2.45. The molecule has 8 nitrogen and oxygen atoms in total. The average molecular weight is 508 g/mol. The number of nitrogens with zero attached hydrogens (tertiary/aromatic N) is 5. The molecule has 0 bridgehead atoms. The lowest BCUT2D eigenvalue weighted by molar-refractivity contribution is -0.153. The number of benzene rings is 3. The van der Waals surface area contributed by atoms with E-state index < -0.39 is 23.5 Å². The minimum Gasteiger partial charge on any atom is -0.327 e. The predicted octanol–water partition coefficient (Wildman–Crippen LogP) is 3.81. The fraction of sp³-hybridized carbons (Fsp3) is 0.138. The number of Topliss-reactive ketones (excluding diaryl/α,β-unsaturated/α-hetero) is 1. The van der Waals surface area contributed by atoms with Crippen molar-refractivity contribution >= 4 is 29.4 Å². The molecule has 0 N–H and O–H groups in total. The van der Waals surface area contributed by atoms with Gasteiger partial charge < -0.3 is 4.90 Å². The van der Waals surface area contributed by atoms with Crippen LogP contribution in [-0.4, -0.2) is 43.5 Å². The molecule has 9 heteroatoms. The number of rotatable bonds is 7. The first-order valence-corrected chi connectivity index (χ1v) is 12.1. The molecular formula is C29H22FN5O3. The van der Waals surface area contributed by atoms with Gasteiger partial charge in [-0.2, -0.15) is 0 Å². The molecule has 188 valence electrons. The van der Waals surface area contributed by atoms with E-state index in [9.17, 15) is 18.8 Å². The number of hydrogen-bond donors (Lipinski definition) is 0. The number of aromatic nitrogens is 3. The molecule has 2 aliphatic heterocycles. The molecule has 0 radical (unpaired) electrons. The second kappa shape index (κ2) is 9.51. The summed E-state index contributed by atoms with van der Waals surface area (Å²) in [4.78, 5) is 41.2. The molecule has 0 spiro atoms. The third-order valence-electron chi connectivity index (χ3n) is 6.80. The van der Waals surface area contributed by atoms with E-state index in [1.807, 2.05) is 72.8 Å². The second-order valence-electron chi connectivity index (χ2n) is 9.23. The van der Waals surface area contributed by atoms with Crippen LogP contribution in [0, 0.1) is 5.82 Å². The van der Waals surface area contributed by atoms with Gasteiger partial charge in [0, 0.05) is 6.54 Å². The van der Waals surface area contributed by atoms with Crippen molar-refractivity contribution in [3.63, 3.8) is 0 Å². The Hall–Kier alpha value is -4.92. The quantitative estimate of drug-likeness (QED) is 0.280. The molecule has 0 aliphatic carbocycles. The minimum atomic E-state index is -0.760. The first kappa shape index (κ1) is 23.5. The zero-order valence-electron chi connectivity index (χ0n) is 20.1. The fourth-order valence-corrected chi connectivity index (χ4v) is 4.88. The molecule has 38 heavy (non-hydrogen) atoms. The van der Waals surface area contributed by atoms with Crippen LogP contribution in [0.5, 0.6) is 0 Å². The zero-order valence-corrected chi connectivity index (χ0v) is 20.1. The van der Waals surface area contributed by atoms with Gasteiger partial charge in [0.15, 0.2) is 6.04 Å². The maximum Gasteiger partial charge on any atom is 0.299 e. The van der Waals surface area contributed by atoms with Crippen LogP contribution in [-0.2, 0) is 22.7 Å². The Bertz CT molecular complexity index is 1570. The summed E-state index contributed by atoms with van der Waals surface area (Å²) in [5, 5.41) is 8.36. The number of fused-ring (bicyclic) bond motifs is 1. The highest BCUT2D eigenvalue weighted by Crippen LogP contribution is 2.35. The molecular weight excluding hydrogens is 485 g/mol. The number of carbonyl (C=O) groups is 3. The first-order valence-electron chi connectivity index (χ1n) is 12.1. The number of halogens is 1. The standard InChI is InChI=1S/C29H22FN5O3/c30-21-12-14-24-23(15-21)27(36)29(38)34(24)17-22-18-35(32-31-22)26-25(13-11-19-7-3-1-4-8-19)33(28(26)37)16-20-9-5-2-6-10-20/h1-15,18,25-26H,16-17H2/b13-11+/t25-,26+/m1/s1. The summed E-state index contributed by atoms with van der Waals surface area (Å²) in [7, 11) is 0. The van der Waals surface area contributed by atoms with E-state index in [0.717, 1.165) is 17.2 Å². The van der Waals surface area contributed by atoms with Gasteiger partial charge in [-0.3, -0.25) is 19.3 Å². The number of ketones is 1. The number of likely N-dealkylation sites (tertiary alicyclic amines) is 1. The molecule has 4 aromatic rings. The van der Waals surface area contributed by atoms with Crippen molar-refractivity contribution in [2.45, 2.75) is 25.2 Å². The summed E-state index contributed by atoms with van der Waals surface area (Å²) in [5.41, 5.74) is 2.79. The van der Waals surface area contributed by atoms with Crippen LogP contribution in [0.4, 0.5) is 10.1 Å². The molecule has 3 heterocycles. The van der Waals surface area contributed by atoms with Crippen molar-refractivity contribution in [2.75, 3.05) is 4.90 Å². The van der Waals surface area contributed by atoms with Crippen LogP contribution in [0.1, 0.15) is 33.2 Å². The Morgan fingerprint density at radius 1 is 0.895 bits per heavy atom. The monoisotopic (exact) mass is 507 g/mol. The van der Waals surface area contributed by atoms with Gasteiger partial charge in [0.25, 0.3) is 17.6 Å². The van der Waals surface area contributed by atoms with E-state index in [0.29, 0.717) is 17.9 Å². The summed E-state index contributed by atoms with van der Waals surface area (Å²) in [6.45, 7) is 0.432. The molecule has 3 aromatic carbocycles. The molecule has 1 aromatic heterocycles. The molecule has 2 atom stereocenters. The van der Waals surface area contributed by atoms with E-state index in [-0.39, 0.29) is 24.1 Å². The van der Waals surface area contributed by atoms with Gasteiger partial charge in [0.2, 0.25) is 0 Å². The molecule has 6 rings (SSSR count). The highest BCUT2D eigenvalue weighted by Gasteiger charge is 2.48. The van der Waals surface area contributed by atoms with E-state index in [2.05, 4.69) is 10.3 Å². The Morgan fingerprint density at radius 2 is 1.63 bits per heavy atom. The fourth-order valence-electron chi connectivity index (χ4n) is 4.88. The van der Waals surface area contributed by atoms with Gasteiger partial charge in [-0.25, -0.2) is 9.07 Å². The van der Waals surface area contributed by atoms with Crippen LogP contribution in [0.15, 0.2) is 91.1 Å². The Kier molecular flexibility index (Phi) is 5.88. The van der Waals surface area contributed by atoms with Crippen LogP contribution in [0.25, 0.3) is 6.08 Å². The average Bonchev–Trinajstić information content (AvgIpc) is 3.48. The highest BCUT2D eigenvalue weighted by molar-refractivity contribution is 6.52. The summed E-state index contributed by atoms with van der Waals surface area (Å²) in [5.74, 6) is -2.20. The van der Waals surface area contributed by atoms with E-state index in [4.69, 9.17) is 0 Å². The van der Waals surface area contributed by atoms with Crippen LogP contribution >= 0.6 is 0 Å². The van der Waals surface area contributed by atoms with Crippen LogP contribution < -0.4 is 4.90 Å².